The van der Waals surface area contributed by atoms with Gasteiger partial charge < -0.3 is 24.8 Å². The van der Waals surface area contributed by atoms with Gasteiger partial charge in [-0.15, -0.1) is 0 Å². The molecule has 2 rings (SSSR count). The molecule has 0 aliphatic carbocycles. The van der Waals surface area contributed by atoms with Crippen molar-refractivity contribution in [2.24, 2.45) is 0 Å². The Morgan fingerprint density at radius 3 is 2.32 bits per heavy atom. The molecule has 0 spiro atoms. The Bertz CT molecular complexity index is 978. The summed E-state index contributed by atoms with van der Waals surface area (Å²) in [5, 5.41) is 5.74. The first-order chi connectivity index (χ1) is 13.2. The lowest BCUT2D eigenvalue weighted by Gasteiger charge is -2.16. The maximum Gasteiger partial charge on any atom is 0.243 e. The Balaban J connectivity index is 2.21. The van der Waals surface area contributed by atoms with E-state index in [0.29, 0.717) is 17.2 Å². The number of carbonyl (C=O) groups excluding carboxylic acids is 1. The molecule has 0 heterocycles. The minimum atomic E-state index is -3.57. The van der Waals surface area contributed by atoms with Crippen LogP contribution in [-0.2, 0) is 14.6 Å². The number of sulfone groups is 1. The molecule has 2 aromatic rings. The van der Waals surface area contributed by atoms with Crippen molar-refractivity contribution < 1.29 is 27.4 Å². The first-order valence-electron chi connectivity index (χ1n) is 8.03. The maximum absolute atomic E-state index is 12.4. The number of hydrogen-bond donors (Lipinski definition) is 2. The molecular weight excluding hydrogens is 408 g/mol. The van der Waals surface area contributed by atoms with E-state index in [1.165, 1.54) is 33.5 Å². The van der Waals surface area contributed by atoms with Crippen LogP contribution in [-0.4, -0.2) is 48.5 Å². The van der Waals surface area contributed by atoms with Crippen molar-refractivity contribution in [2.45, 2.75) is 4.90 Å². The van der Waals surface area contributed by atoms with E-state index in [2.05, 4.69) is 10.6 Å². The van der Waals surface area contributed by atoms with Crippen LogP contribution in [0.5, 0.6) is 17.2 Å². The topological polar surface area (TPSA) is 103 Å². The number of methoxy groups -OCH3 is 3. The molecule has 2 N–H and O–H groups in total. The molecule has 0 saturated heterocycles. The lowest BCUT2D eigenvalue weighted by molar-refractivity contribution is -0.114. The van der Waals surface area contributed by atoms with E-state index in [0.717, 1.165) is 6.26 Å². The van der Waals surface area contributed by atoms with Gasteiger partial charge in [-0.1, -0.05) is 11.6 Å². The number of nitrogens with one attached hydrogen (secondary N) is 2. The molecule has 0 aromatic heterocycles. The van der Waals surface area contributed by atoms with Crippen LogP contribution in [0.25, 0.3) is 0 Å². The average Bonchev–Trinajstić information content (AvgIpc) is 2.65. The summed E-state index contributed by atoms with van der Waals surface area (Å²) in [6.07, 6.45) is 1.05. The molecule has 0 fully saturated rings. The SMILES string of the molecule is COc1ccc(OC)c(NC(=O)CNc2cc(Cl)cc(S(C)(=O)=O)c2OC)c1. The van der Waals surface area contributed by atoms with Gasteiger partial charge in [0.15, 0.2) is 15.6 Å². The third kappa shape index (κ3) is 5.20. The first kappa shape index (κ1) is 21.6. The third-order valence-corrected chi connectivity index (χ3v) is 5.06. The van der Waals surface area contributed by atoms with Crippen LogP contribution in [0.4, 0.5) is 11.4 Å². The van der Waals surface area contributed by atoms with Crippen LogP contribution >= 0.6 is 11.6 Å². The van der Waals surface area contributed by atoms with Gasteiger partial charge >= 0.3 is 0 Å². The summed E-state index contributed by atoms with van der Waals surface area (Å²) in [6.45, 7) is -0.166. The van der Waals surface area contributed by atoms with Gasteiger partial charge in [-0.05, 0) is 24.3 Å². The molecule has 0 radical (unpaired) electrons. The van der Waals surface area contributed by atoms with Gasteiger partial charge in [0.1, 0.15) is 16.4 Å². The summed E-state index contributed by atoms with van der Waals surface area (Å²) in [7, 11) is 0.762. The van der Waals surface area contributed by atoms with Crippen LogP contribution in [0.15, 0.2) is 35.2 Å². The predicted molar refractivity (Wildman–Crippen MR) is 108 cm³/mol. The standard InChI is InChI=1S/C18H21ClN2O6S/c1-25-12-5-6-15(26-2)13(9-12)21-17(22)10-20-14-7-11(19)8-16(18(14)27-3)28(4,23)24/h5-9,20H,10H2,1-4H3,(H,21,22). The second-order valence-electron chi connectivity index (χ2n) is 5.72. The Kier molecular flexibility index (Phi) is 6.98. The maximum atomic E-state index is 12.4. The average molecular weight is 429 g/mol. The van der Waals surface area contributed by atoms with E-state index in [9.17, 15) is 13.2 Å². The molecule has 28 heavy (non-hydrogen) atoms. The fraction of sp³-hybridized carbons (Fsp3) is 0.278. The van der Waals surface area contributed by atoms with Gasteiger partial charge in [-0.25, -0.2) is 8.42 Å². The van der Waals surface area contributed by atoms with E-state index in [1.54, 1.807) is 18.2 Å². The van der Waals surface area contributed by atoms with Gasteiger partial charge in [0.25, 0.3) is 0 Å². The first-order valence-corrected chi connectivity index (χ1v) is 10.3. The molecule has 1 amide bonds. The molecule has 10 heteroatoms. The van der Waals surface area contributed by atoms with E-state index in [4.69, 9.17) is 25.8 Å². The highest BCUT2D eigenvalue weighted by Crippen LogP contribution is 2.35. The van der Waals surface area contributed by atoms with Crippen molar-refractivity contribution >= 4 is 38.7 Å². The van der Waals surface area contributed by atoms with Crippen molar-refractivity contribution in [3.8, 4) is 17.2 Å². The molecule has 0 aliphatic rings. The molecule has 152 valence electrons. The minimum Gasteiger partial charge on any atom is -0.497 e. The summed E-state index contributed by atoms with van der Waals surface area (Å²) in [5.74, 6) is 0.709. The lowest BCUT2D eigenvalue weighted by atomic mass is 10.2. The normalized spacial score (nSPS) is 10.9. The minimum absolute atomic E-state index is 0.0696. The highest BCUT2D eigenvalue weighted by molar-refractivity contribution is 7.90. The number of benzene rings is 2. The van der Waals surface area contributed by atoms with Gasteiger partial charge in [0, 0.05) is 17.3 Å². The second-order valence-corrected chi connectivity index (χ2v) is 8.15. The van der Waals surface area contributed by atoms with E-state index >= 15 is 0 Å². The Morgan fingerprint density at radius 2 is 1.75 bits per heavy atom. The largest absolute Gasteiger partial charge is 0.497 e. The van der Waals surface area contributed by atoms with Crippen LogP contribution in [0, 0.1) is 0 Å². The number of hydrogen-bond acceptors (Lipinski definition) is 7. The molecule has 0 bridgehead atoms. The van der Waals surface area contributed by atoms with Crippen molar-refractivity contribution in [1.29, 1.82) is 0 Å². The smallest absolute Gasteiger partial charge is 0.243 e. The fourth-order valence-corrected chi connectivity index (χ4v) is 3.62. The summed E-state index contributed by atoms with van der Waals surface area (Å²) in [5.41, 5.74) is 0.715. The van der Waals surface area contributed by atoms with Crippen LogP contribution < -0.4 is 24.8 Å². The van der Waals surface area contributed by atoms with Crippen molar-refractivity contribution in [2.75, 3.05) is 44.8 Å². The predicted octanol–water partition coefficient (Wildman–Crippen LogP) is 2.82. The summed E-state index contributed by atoms with van der Waals surface area (Å²) in [6, 6.07) is 7.77. The molecule has 0 atom stereocenters. The van der Waals surface area contributed by atoms with Gasteiger partial charge in [-0.2, -0.15) is 0 Å². The fourth-order valence-electron chi connectivity index (χ4n) is 2.47. The summed E-state index contributed by atoms with van der Waals surface area (Å²) < 4.78 is 39.5. The molecule has 0 unspecified atom stereocenters. The Hall–Kier alpha value is -2.65. The van der Waals surface area contributed by atoms with Crippen LogP contribution in [0.3, 0.4) is 0 Å². The lowest BCUT2D eigenvalue weighted by Crippen LogP contribution is -2.22. The van der Waals surface area contributed by atoms with Crippen LogP contribution in [0.2, 0.25) is 5.02 Å². The summed E-state index contributed by atoms with van der Waals surface area (Å²) >= 11 is 6.01. The zero-order valence-electron chi connectivity index (χ0n) is 15.8. The zero-order chi connectivity index (χ0) is 20.9. The van der Waals surface area contributed by atoms with E-state index in [1.807, 2.05) is 0 Å². The van der Waals surface area contributed by atoms with E-state index in [-0.39, 0.29) is 27.9 Å². The van der Waals surface area contributed by atoms with E-state index < -0.39 is 15.7 Å². The third-order valence-electron chi connectivity index (χ3n) is 3.74. The molecule has 0 aliphatic heterocycles. The van der Waals surface area contributed by atoms with Gasteiger partial charge in [0.2, 0.25) is 5.91 Å². The highest BCUT2D eigenvalue weighted by atomic mass is 35.5. The highest BCUT2D eigenvalue weighted by Gasteiger charge is 2.20. The number of rotatable bonds is 8. The molecule has 8 nitrogen and oxygen atoms in total. The number of carbonyl (C=O) groups is 1. The van der Waals surface area contributed by atoms with Crippen molar-refractivity contribution in [3.05, 3.63) is 35.4 Å². The molecule has 2 aromatic carbocycles. The second kappa shape index (κ2) is 9.03. The Labute approximate surface area is 168 Å². The van der Waals surface area contributed by atoms with Crippen molar-refractivity contribution in [1.82, 2.24) is 0 Å². The Morgan fingerprint density at radius 1 is 1.04 bits per heavy atom. The van der Waals surface area contributed by atoms with Crippen molar-refractivity contribution in [3.63, 3.8) is 0 Å². The van der Waals surface area contributed by atoms with Gasteiger partial charge in [-0.3, -0.25) is 4.79 Å². The quantitative estimate of drug-likeness (QED) is 0.666. The number of ether oxygens (including phenoxy) is 3. The molecule has 0 saturated carbocycles. The van der Waals surface area contributed by atoms with Crippen LogP contribution in [0.1, 0.15) is 0 Å². The number of amides is 1. The van der Waals surface area contributed by atoms with Gasteiger partial charge in [0.05, 0.1) is 39.2 Å². The summed E-state index contributed by atoms with van der Waals surface area (Å²) in [4.78, 5) is 12.3. The number of halogens is 1. The zero-order valence-corrected chi connectivity index (χ0v) is 17.4. The molecular formula is C18H21ClN2O6S. The number of anilines is 2. The monoisotopic (exact) mass is 428 g/mol.